The van der Waals surface area contributed by atoms with Crippen molar-refractivity contribution in [3.05, 3.63) is 58.1 Å². The van der Waals surface area contributed by atoms with E-state index in [9.17, 15) is 9.59 Å². The van der Waals surface area contributed by atoms with E-state index in [-0.39, 0.29) is 30.9 Å². The quantitative estimate of drug-likeness (QED) is 0.747. The first kappa shape index (κ1) is 19.2. The Balaban J connectivity index is 1.49. The smallest absolute Gasteiger partial charge is 0.253 e. The number of hydrogen-bond acceptors (Lipinski definition) is 3. The molecule has 1 fully saturated rings. The van der Waals surface area contributed by atoms with Crippen LogP contribution in [-0.4, -0.2) is 24.5 Å². The van der Waals surface area contributed by atoms with E-state index < -0.39 is 0 Å². The van der Waals surface area contributed by atoms with E-state index in [1.54, 1.807) is 18.2 Å². The molecule has 2 N–H and O–H groups in total. The number of carbonyl (C=O) groups excluding carboxylic acids is 2. The lowest BCUT2D eigenvalue weighted by Crippen LogP contribution is -2.25. The average Bonchev–Trinajstić information content (AvgIpc) is 3.42. The molecule has 1 aliphatic rings. The van der Waals surface area contributed by atoms with Gasteiger partial charge in [-0.1, -0.05) is 17.7 Å². The molecule has 5 nitrogen and oxygen atoms in total. The van der Waals surface area contributed by atoms with Crippen LogP contribution >= 0.6 is 11.6 Å². The number of aryl methyl sites for hydroxylation is 2. The number of nitrogens with one attached hydrogen (secondary N) is 2. The summed E-state index contributed by atoms with van der Waals surface area (Å²) in [5.41, 5.74) is 3.32. The Kier molecular flexibility index (Phi) is 6.01. The molecule has 0 heterocycles. The standard InChI is InChI=1S/C21H23ClN2O3/c1-13-3-7-17(11-14(13)2)27-10-9-20(25)23-16-6-8-18(19(22)12-16)21(26)24-15-4-5-15/h3,6-8,11-12,15H,4-5,9-10H2,1-2H3,(H,23,25)(H,24,26). The molecule has 0 atom stereocenters. The van der Waals surface area contributed by atoms with Gasteiger partial charge in [-0.15, -0.1) is 0 Å². The molecule has 0 saturated heterocycles. The second-order valence-electron chi connectivity index (χ2n) is 6.84. The SMILES string of the molecule is Cc1ccc(OCCC(=O)Nc2ccc(C(=O)NC3CC3)c(Cl)c2)cc1C. The number of amides is 2. The van der Waals surface area contributed by atoms with Gasteiger partial charge in [0.05, 0.1) is 23.6 Å². The predicted molar refractivity (Wildman–Crippen MR) is 107 cm³/mol. The van der Waals surface area contributed by atoms with Crippen LogP contribution in [0.3, 0.4) is 0 Å². The molecule has 27 heavy (non-hydrogen) atoms. The van der Waals surface area contributed by atoms with Crippen LogP contribution in [0.4, 0.5) is 5.69 Å². The van der Waals surface area contributed by atoms with Gasteiger partial charge in [-0.05, 0) is 68.1 Å². The molecule has 0 spiro atoms. The van der Waals surface area contributed by atoms with Gasteiger partial charge in [-0.25, -0.2) is 0 Å². The molecule has 2 amide bonds. The summed E-state index contributed by atoms with van der Waals surface area (Å²) in [6, 6.07) is 11.0. The van der Waals surface area contributed by atoms with E-state index in [0.717, 1.165) is 24.2 Å². The molecular weight excluding hydrogens is 364 g/mol. The van der Waals surface area contributed by atoms with E-state index in [2.05, 4.69) is 10.6 Å². The van der Waals surface area contributed by atoms with Gasteiger partial charge in [-0.3, -0.25) is 9.59 Å². The summed E-state index contributed by atoms with van der Waals surface area (Å²) >= 11 is 6.19. The highest BCUT2D eigenvalue weighted by molar-refractivity contribution is 6.34. The molecular formula is C21H23ClN2O3. The van der Waals surface area contributed by atoms with Crippen molar-refractivity contribution in [3.63, 3.8) is 0 Å². The van der Waals surface area contributed by atoms with Gasteiger partial charge in [-0.2, -0.15) is 0 Å². The van der Waals surface area contributed by atoms with Crippen LogP contribution in [-0.2, 0) is 4.79 Å². The Morgan fingerprint density at radius 2 is 1.89 bits per heavy atom. The third-order valence-corrected chi connectivity index (χ3v) is 4.80. The Hall–Kier alpha value is -2.53. The molecule has 3 rings (SSSR count). The zero-order valence-electron chi connectivity index (χ0n) is 15.5. The Labute approximate surface area is 164 Å². The monoisotopic (exact) mass is 386 g/mol. The Bertz CT molecular complexity index is 863. The number of carbonyl (C=O) groups is 2. The van der Waals surface area contributed by atoms with Crippen LogP contribution in [0.25, 0.3) is 0 Å². The van der Waals surface area contributed by atoms with E-state index in [1.807, 2.05) is 32.0 Å². The summed E-state index contributed by atoms with van der Waals surface area (Å²) in [4.78, 5) is 24.2. The number of halogens is 1. The molecule has 1 aliphatic carbocycles. The third-order valence-electron chi connectivity index (χ3n) is 4.49. The molecule has 2 aromatic carbocycles. The van der Waals surface area contributed by atoms with Gasteiger partial charge in [0.15, 0.2) is 0 Å². The van der Waals surface area contributed by atoms with Crippen LogP contribution in [0.15, 0.2) is 36.4 Å². The van der Waals surface area contributed by atoms with Crippen molar-refractivity contribution >= 4 is 29.1 Å². The van der Waals surface area contributed by atoms with Crippen LogP contribution in [0.2, 0.25) is 5.02 Å². The first-order valence-corrected chi connectivity index (χ1v) is 9.40. The van der Waals surface area contributed by atoms with Crippen LogP contribution in [0.5, 0.6) is 5.75 Å². The summed E-state index contributed by atoms with van der Waals surface area (Å²) < 4.78 is 5.63. The van der Waals surface area contributed by atoms with E-state index >= 15 is 0 Å². The van der Waals surface area contributed by atoms with E-state index in [4.69, 9.17) is 16.3 Å². The molecule has 6 heteroatoms. The van der Waals surface area contributed by atoms with Crippen molar-refractivity contribution in [2.75, 3.05) is 11.9 Å². The summed E-state index contributed by atoms with van der Waals surface area (Å²) in [6.45, 7) is 4.34. The molecule has 142 valence electrons. The molecule has 0 bridgehead atoms. The van der Waals surface area contributed by atoms with Gasteiger partial charge in [0.2, 0.25) is 5.91 Å². The van der Waals surface area contributed by atoms with Crippen molar-refractivity contribution in [2.45, 2.75) is 39.2 Å². The number of rotatable bonds is 7. The fourth-order valence-electron chi connectivity index (χ4n) is 2.56. The van der Waals surface area contributed by atoms with Crippen molar-refractivity contribution < 1.29 is 14.3 Å². The highest BCUT2D eigenvalue weighted by atomic mass is 35.5. The minimum absolute atomic E-state index is 0.176. The molecule has 0 aromatic heterocycles. The summed E-state index contributed by atoms with van der Waals surface area (Å²) in [5, 5.41) is 5.99. The first-order chi connectivity index (χ1) is 12.9. The van der Waals surface area contributed by atoms with Crippen LogP contribution < -0.4 is 15.4 Å². The zero-order chi connectivity index (χ0) is 19.4. The highest BCUT2D eigenvalue weighted by Crippen LogP contribution is 2.24. The lowest BCUT2D eigenvalue weighted by atomic mass is 10.1. The second kappa shape index (κ2) is 8.44. The molecule has 0 aliphatic heterocycles. The van der Waals surface area contributed by atoms with Crippen molar-refractivity contribution in [1.82, 2.24) is 5.32 Å². The Morgan fingerprint density at radius 3 is 2.56 bits per heavy atom. The number of ether oxygens (including phenoxy) is 1. The van der Waals surface area contributed by atoms with Crippen molar-refractivity contribution in [1.29, 1.82) is 0 Å². The third kappa shape index (κ3) is 5.47. The van der Waals surface area contributed by atoms with Crippen molar-refractivity contribution in [3.8, 4) is 5.75 Å². The highest BCUT2D eigenvalue weighted by Gasteiger charge is 2.24. The number of hydrogen-bond donors (Lipinski definition) is 2. The van der Waals surface area contributed by atoms with Gasteiger partial charge >= 0.3 is 0 Å². The maximum absolute atomic E-state index is 12.1. The minimum Gasteiger partial charge on any atom is -0.493 e. The summed E-state index contributed by atoms with van der Waals surface area (Å²) in [7, 11) is 0. The number of anilines is 1. The van der Waals surface area contributed by atoms with E-state index in [0.29, 0.717) is 16.3 Å². The largest absolute Gasteiger partial charge is 0.493 e. The van der Waals surface area contributed by atoms with Crippen LogP contribution in [0, 0.1) is 13.8 Å². The molecule has 0 unspecified atom stereocenters. The summed E-state index contributed by atoms with van der Waals surface area (Å²) in [5.74, 6) is 0.396. The van der Waals surface area contributed by atoms with Gasteiger partial charge in [0, 0.05) is 11.7 Å². The maximum atomic E-state index is 12.1. The van der Waals surface area contributed by atoms with Crippen molar-refractivity contribution in [2.24, 2.45) is 0 Å². The Morgan fingerprint density at radius 1 is 1.11 bits per heavy atom. The molecule has 2 aromatic rings. The number of benzene rings is 2. The lowest BCUT2D eigenvalue weighted by molar-refractivity contribution is -0.116. The van der Waals surface area contributed by atoms with E-state index in [1.165, 1.54) is 5.56 Å². The predicted octanol–water partition coefficient (Wildman–Crippen LogP) is 4.26. The molecule has 0 radical (unpaired) electrons. The van der Waals surface area contributed by atoms with Crippen LogP contribution in [0.1, 0.15) is 40.7 Å². The summed E-state index contributed by atoms with van der Waals surface area (Å²) in [6.07, 6.45) is 2.25. The first-order valence-electron chi connectivity index (χ1n) is 9.02. The lowest BCUT2D eigenvalue weighted by Gasteiger charge is -2.10. The minimum atomic E-state index is -0.179. The van der Waals surface area contributed by atoms with Gasteiger partial charge < -0.3 is 15.4 Å². The fraction of sp³-hybridized carbons (Fsp3) is 0.333. The average molecular weight is 387 g/mol. The topological polar surface area (TPSA) is 67.4 Å². The van der Waals surface area contributed by atoms with Gasteiger partial charge in [0.25, 0.3) is 5.91 Å². The molecule has 1 saturated carbocycles. The normalized spacial score (nSPS) is 13.1. The fourth-order valence-corrected chi connectivity index (χ4v) is 2.82. The zero-order valence-corrected chi connectivity index (χ0v) is 16.2. The van der Waals surface area contributed by atoms with Gasteiger partial charge in [0.1, 0.15) is 5.75 Å². The maximum Gasteiger partial charge on any atom is 0.253 e. The second-order valence-corrected chi connectivity index (χ2v) is 7.24.